The summed E-state index contributed by atoms with van der Waals surface area (Å²) in [6.45, 7) is 0. The number of fused-ring (bicyclic) bond motifs is 1. The zero-order chi connectivity index (χ0) is 12.6. The Bertz CT molecular complexity index is 579. The second kappa shape index (κ2) is 3.92. The molecule has 1 N–H and O–H groups in total. The molecular weight excluding hydrogens is 246 g/mol. The molecule has 1 aliphatic heterocycles. The van der Waals surface area contributed by atoms with E-state index in [-0.39, 0.29) is 10.6 Å². The van der Waals surface area contributed by atoms with Crippen LogP contribution in [-0.4, -0.2) is 34.3 Å². The average Bonchev–Trinajstić information content (AvgIpc) is 2.26. The van der Waals surface area contributed by atoms with Crippen LogP contribution in [0.3, 0.4) is 0 Å². The van der Waals surface area contributed by atoms with Gasteiger partial charge in [0.15, 0.2) is 21.3 Å². The number of hydrogen-bond donors (Lipinski definition) is 1. The maximum absolute atomic E-state index is 11.8. The summed E-state index contributed by atoms with van der Waals surface area (Å²) < 4.78 is 33.6. The lowest BCUT2D eigenvalue weighted by molar-refractivity contribution is -0.114. The molecule has 0 fully saturated rings. The Morgan fingerprint density at radius 2 is 1.76 bits per heavy atom. The Balaban J connectivity index is 2.68. The molecule has 1 aromatic rings. The molecule has 92 valence electrons. The van der Waals surface area contributed by atoms with Crippen LogP contribution in [0.1, 0.15) is 0 Å². The van der Waals surface area contributed by atoms with E-state index in [1.54, 1.807) is 0 Å². The van der Waals surface area contributed by atoms with Gasteiger partial charge in [-0.25, -0.2) is 8.42 Å². The zero-order valence-corrected chi connectivity index (χ0v) is 10.1. The van der Waals surface area contributed by atoms with Crippen molar-refractivity contribution in [3.63, 3.8) is 0 Å². The Labute approximate surface area is 98.4 Å². The van der Waals surface area contributed by atoms with Crippen LogP contribution in [0.2, 0.25) is 0 Å². The minimum absolute atomic E-state index is 0.0507. The van der Waals surface area contributed by atoms with Gasteiger partial charge in [-0.2, -0.15) is 0 Å². The van der Waals surface area contributed by atoms with Gasteiger partial charge in [-0.3, -0.25) is 4.79 Å². The minimum atomic E-state index is -3.60. The summed E-state index contributed by atoms with van der Waals surface area (Å²) in [5, 5.41) is 2.49. The maximum Gasteiger partial charge on any atom is 0.239 e. The number of nitrogens with one attached hydrogen (secondary N) is 1. The average molecular weight is 257 g/mol. The predicted molar refractivity (Wildman–Crippen MR) is 60.2 cm³/mol. The summed E-state index contributed by atoms with van der Waals surface area (Å²) in [6, 6.07) is 2.78. The molecule has 2 rings (SSSR count). The molecule has 0 spiro atoms. The first-order chi connectivity index (χ1) is 7.97. The third-order valence-electron chi connectivity index (χ3n) is 2.42. The second-order valence-corrected chi connectivity index (χ2v) is 5.47. The third kappa shape index (κ3) is 1.93. The molecule has 0 unspecified atom stereocenters. The van der Waals surface area contributed by atoms with Crippen molar-refractivity contribution >= 4 is 21.4 Å². The Hall–Kier alpha value is -1.76. The van der Waals surface area contributed by atoms with Crippen molar-refractivity contribution in [3.05, 3.63) is 12.1 Å². The second-order valence-electron chi connectivity index (χ2n) is 3.51. The summed E-state index contributed by atoms with van der Waals surface area (Å²) in [5.74, 6) is -0.422. The standard InChI is InChI=1S/C10H11NO5S/c1-15-7-3-6-9(4-8(7)16-2)17(13,14)5-10(12)11-6/h3-4H,5H2,1-2H3,(H,11,12). The van der Waals surface area contributed by atoms with E-state index in [1.807, 2.05) is 0 Å². The van der Waals surface area contributed by atoms with Gasteiger partial charge in [0.1, 0.15) is 5.75 Å². The van der Waals surface area contributed by atoms with Crippen LogP contribution in [0.25, 0.3) is 0 Å². The number of anilines is 1. The van der Waals surface area contributed by atoms with Crippen LogP contribution in [-0.2, 0) is 14.6 Å². The monoisotopic (exact) mass is 257 g/mol. The number of benzene rings is 1. The maximum atomic E-state index is 11.8. The molecule has 0 aromatic heterocycles. The summed E-state index contributed by atoms with van der Waals surface area (Å²) in [5.41, 5.74) is 0.221. The third-order valence-corrected chi connectivity index (χ3v) is 4.07. The predicted octanol–water partition coefficient (Wildman–Crippen LogP) is 0.430. The fraction of sp³-hybridized carbons (Fsp3) is 0.300. The molecular formula is C10H11NO5S. The first-order valence-corrected chi connectivity index (χ1v) is 6.42. The lowest BCUT2D eigenvalue weighted by Gasteiger charge is -2.19. The summed E-state index contributed by atoms with van der Waals surface area (Å²) >= 11 is 0. The highest BCUT2D eigenvalue weighted by Crippen LogP contribution is 2.37. The van der Waals surface area contributed by atoms with E-state index in [1.165, 1.54) is 26.4 Å². The van der Waals surface area contributed by atoms with Gasteiger partial charge in [0.25, 0.3) is 0 Å². The number of rotatable bonds is 2. The van der Waals surface area contributed by atoms with Crippen LogP contribution >= 0.6 is 0 Å². The van der Waals surface area contributed by atoms with E-state index in [0.29, 0.717) is 11.5 Å². The normalized spacial score (nSPS) is 16.9. The summed E-state index contributed by atoms with van der Waals surface area (Å²) in [7, 11) is -0.748. The van der Waals surface area contributed by atoms with E-state index in [2.05, 4.69) is 5.32 Å². The molecule has 1 aliphatic rings. The van der Waals surface area contributed by atoms with Crippen LogP contribution in [0.15, 0.2) is 17.0 Å². The van der Waals surface area contributed by atoms with Crippen molar-refractivity contribution in [2.24, 2.45) is 0 Å². The molecule has 1 heterocycles. The molecule has 17 heavy (non-hydrogen) atoms. The highest BCUT2D eigenvalue weighted by Gasteiger charge is 2.30. The number of carbonyl (C=O) groups is 1. The van der Waals surface area contributed by atoms with Gasteiger partial charge in [-0.05, 0) is 0 Å². The van der Waals surface area contributed by atoms with Crippen molar-refractivity contribution in [3.8, 4) is 11.5 Å². The van der Waals surface area contributed by atoms with Crippen molar-refractivity contribution in [1.29, 1.82) is 0 Å². The first kappa shape index (κ1) is 11.7. The van der Waals surface area contributed by atoms with E-state index in [9.17, 15) is 13.2 Å². The van der Waals surface area contributed by atoms with E-state index in [4.69, 9.17) is 9.47 Å². The fourth-order valence-corrected chi connectivity index (χ4v) is 2.96. The zero-order valence-electron chi connectivity index (χ0n) is 9.31. The van der Waals surface area contributed by atoms with Gasteiger partial charge in [0.05, 0.1) is 24.8 Å². The van der Waals surface area contributed by atoms with Crippen molar-refractivity contribution in [2.75, 3.05) is 25.3 Å². The minimum Gasteiger partial charge on any atom is -0.493 e. The lowest BCUT2D eigenvalue weighted by atomic mass is 10.2. The van der Waals surface area contributed by atoms with Crippen LogP contribution < -0.4 is 14.8 Å². The van der Waals surface area contributed by atoms with Gasteiger partial charge in [-0.1, -0.05) is 0 Å². The number of sulfone groups is 1. The number of methoxy groups -OCH3 is 2. The Morgan fingerprint density at radius 1 is 1.18 bits per heavy atom. The quantitative estimate of drug-likeness (QED) is 0.830. The molecule has 0 aliphatic carbocycles. The largest absolute Gasteiger partial charge is 0.493 e. The highest BCUT2D eigenvalue weighted by molar-refractivity contribution is 7.92. The molecule has 6 nitrogen and oxygen atoms in total. The molecule has 0 bridgehead atoms. The summed E-state index contributed by atoms with van der Waals surface area (Å²) in [6.07, 6.45) is 0. The van der Waals surface area contributed by atoms with E-state index < -0.39 is 21.5 Å². The molecule has 1 aromatic carbocycles. The fourth-order valence-electron chi connectivity index (χ4n) is 1.65. The van der Waals surface area contributed by atoms with Crippen molar-refractivity contribution < 1.29 is 22.7 Å². The number of amides is 1. The van der Waals surface area contributed by atoms with Crippen molar-refractivity contribution in [2.45, 2.75) is 4.90 Å². The topological polar surface area (TPSA) is 81.7 Å². The van der Waals surface area contributed by atoms with Crippen LogP contribution in [0.5, 0.6) is 11.5 Å². The molecule has 0 radical (unpaired) electrons. The molecule has 0 saturated heterocycles. The molecule has 1 amide bonds. The van der Waals surface area contributed by atoms with E-state index in [0.717, 1.165) is 0 Å². The smallest absolute Gasteiger partial charge is 0.239 e. The lowest BCUT2D eigenvalue weighted by Crippen LogP contribution is -2.29. The highest BCUT2D eigenvalue weighted by atomic mass is 32.2. The Kier molecular flexibility index (Phi) is 2.70. The van der Waals surface area contributed by atoms with Crippen LogP contribution in [0, 0.1) is 0 Å². The molecule has 0 saturated carbocycles. The Morgan fingerprint density at radius 3 is 2.35 bits per heavy atom. The van der Waals surface area contributed by atoms with Gasteiger partial charge in [0, 0.05) is 12.1 Å². The van der Waals surface area contributed by atoms with Crippen molar-refractivity contribution in [1.82, 2.24) is 0 Å². The summed E-state index contributed by atoms with van der Waals surface area (Å²) in [4.78, 5) is 11.3. The first-order valence-electron chi connectivity index (χ1n) is 4.76. The van der Waals surface area contributed by atoms with Gasteiger partial charge >= 0.3 is 0 Å². The van der Waals surface area contributed by atoms with Crippen LogP contribution in [0.4, 0.5) is 5.69 Å². The number of hydrogen-bond acceptors (Lipinski definition) is 5. The number of carbonyl (C=O) groups excluding carboxylic acids is 1. The number of ether oxygens (including phenoxy) is 2. The van der Waals surface area contributed by atoms with E-state index >= 15 is 0 Å². The van der Waals surface area contributed by atoms with Gasteiger partial charge in [-0.15, -0.1) is 0 Å². The molecule has 7 heteroatoms. The SMILES string of the molecule is COc1cc2c(cc1OC)S(=O)(=O)CC(=O)N2. The van der Waals surface area contributed by atoms with Gasteiger partial charge < -0.3 is 14.8 Å². The van der Waals surface area contributed by atoms with Gasteiger partial charge in [0.2, 0.25) is 5.91 Å². The molecule has 0 atom stereocenters.